The summed E-state index contributed by atoms with van der Waals surface area (Å²) in [5.41, 5.74) is 1.99. The Bertz CT molecular complexity index is 1190. The molecule has 0 aliphatic carbocycles. The number of carbonyl (C=O) groups excluding carboxylic acids is 1. The van der Waals surface area contributed by atoms with Gasteiger partial charge in [0.2, 0.25) is 0 Å². The Balaban J connectivity index is 1.51. The second kappa shape index (κ2) is 9.91. The van der Waals surface area contributed by atoms with Crippen molar-refractivity contribution < 1.29 is 18.8 Å². The lowest BCUT2D eigenvalue weighted by Gasteiger charge is -2.45. The van der Waals surface area contributed by atoms with E-state index in [1.165, 1.54) is 0 Å². The van der Waals surface area contributed by atoms with Crippen LogP contribution in [-0.4, -0.2) is 43.7 Å². The van der Waals surface area contributed by atoms with Crippen molar-refractivity contribution in [2.24, 2.45) is 0 Å². The van der Waals surface area contributed by atoms with E-state index in [4.69, 9.17) is 4.74 Å². The van der Waals surface area contributed by atoms with Crippen molar-refractivity contribution in [1.82, 2.24) is 9.88 Å². The van der Waals surface area contributed by atoms with Crippen molar-refractivity contribution in [2.45, 2.75) is 55.9 Å². The van der Waals surface area contributed by atoms with Crippen LogP contribution in [0.4, 0.5) is 4.79 Å². The van der Waals surface area contributed by atoms with Gasteiger partial charge < -0.3 is 14.7 Å². The molecule has 1 fully saturated rings. The molecule has 4 rings (SSSR count). The maximum absolute atomic E-state index is 13.2. The zero-order chi connectivity index (χ0) is 25.2. The van der Waals surface area contributed by atoms with Crippen molar-refractivity contribution in [2.75, 3.05) is 12.8 Å². The number of benzene rings is 2. The minimum atomic E-state index is -1.11. The number of ether oxygens (including phenoxy) is 1. The molecule has 6 nitrogen and oxygen atoms in total. The Morgan fingerprint density at radius 1 is 1.09 bits per heavy atom. The summed E-state index contributed by atoms with van der Waals surface area (Å²) in [6.07, 6.45) is 3.87. The summed E-state index contributed by atoms with van der Waals surface area (Å²) in [5, 5.41) is 11.1. The van der Waals surface area contributed by atoms with Gasteiger partial charge in [0.15, 0.2) is 0 Å². The van der Waals surface area contributed by atoms with Crippen molar-refractivity contribution >= 4 is 16.9 Å². The van der Waals surface area contributed by atoms with E-state index in [1.54, 1.807) is 37.3 Å². The molecule has 1 aromatic heterocycles. The first-order valence-electron chi connectivity index (χ1n) is 11.8. The molecule has 1 saturated heterocycles. The van der Waals surface area contributed by atoms with Crippen molar-refractivity contribution in [3.05, 3.63) is 84.1 Å². The molecule has 3 aromatic rings. The molecule has 2 unspecified atom stereocenters. The number of nitrogens with zero attached hydrogens (tertiary/aromatic N) is 2. The molecule has 1 N–H and O–H groups in total. The smallest absolute Gasteiger partial charge is 0.411 e. The number of hydrogen-bond acceptors (Lipinski definition) is 5. The van der Waals surface area contributed by atoms with Crippen molar-refractivity contribution in [1.29, 1.82) is 0 Å². The highest BCUT2D eigenvalue weighted by Gasteiger charge is 2.46. The average Bonchev–Trinajstić information content (AvgIpc) is 2.83. The fraction of sp³-hybridized carbons (Fsp3) is 0.357. The third-order valence-corrected chi connectivity index (χ3v) is 7.35. The van der Waals surface area contributed by atoms with E-state index < -0.39 is 22.0 Å². The normalized spacial score (nSPS) is 20.3. The van der Waals surface area contributed by atoms with Gasteiger partial charge in [-0.15, -0.1) is 0 Å². The summed E-state index contributed by atoms with van der Waals surface area (Å²) in [7, 11) is -1.11. The fourth-order valence-corrected chi connectivity index (χ4v) is 5.21. The molecule has 3 atom stereocenters. The lowest BCUT2D eigenvalue weighted by Crippen LogP contribution is -2.51. The lowest BCUT2D eigenvalue weighted by molar-refractivity contribution is -0.101. The number of pyridine rings is 1. The van der Waals surface area contributed by atoms with Crippen LogP contribution in [0.2, 0.25) is 0 Å². The van der Waals surface area contributed by atoms with E-state index in [-0.39, 0.29) is 12.1 Å². The van der Waals surface area contributed by atoms with E-state index in [2.05, 4.69) is 4.98 Å². The maximum Gasteiger partial charge on any atom is 0.411 e. The van der Waals surface area contributed by atoms with Gasteiger partial charge >= 0.3 is 6.09 Å². The van der Waals surface area contributed by atoms with Crippen LogP contribution in [0, 0.1) is 0 Å². The summed E-state index contributed by atoms with van der Waals surface area (Å²) in [5.74, 6) is 0. The molecule has 1 aliphatic heterocycles. The van der Waals surface area contributed by atoms with Crippen LogP contribution in [0.5, 0.6) is 0 Å². The summed E-state index contributed by atoms with van der Waals surface area (Å²) in [4.78, 5) is 19.3. The minimum absolute atomic E-state index is 0.171. The number of aromatic nitrogens is 1. The summed E-state index contributed by atoms with van der Waals surface area (Å²) < 4.78 is 17.7. The van der Waals surface area contributed by atoms with Gasteiger partial charge in [-0.05, 0) is 43.5 Å². The Hall–Kier alpha value is -3.03. The molecule has 2 heterocycles. The monoisotopic (exact) mass is 492 g/mol. The lowest BCUT2D eigenvalue weighted by atomic mass is 9.80. The van der Waals surface area contributed by atoms with Crippen molar-refractivity contribution in [3.8, 4) is 11.1 Å². The predicted molar refractivity (Wildman–Crippen MR) is 137 cm³/mol. The summed E-state index contributed by atoms with van der Waals surface area (Å²) in [6, 6.07) is 21.2. The van der Waals surface area contributed by atoms with Gasteiger partial charge in [-0.25, -0.2) is 9.78 Å². The van der Waals surface area contributed by atoms with E-state index in [1.807, 2.05) is 67.6 Å². The zero-order valence-electron chi connectivity index (χ0n) is 20.6. The van der Waals surface area contributed by atoms with Crippen LogP contribution in [-0.2, 0) is 21.1 Å². The highest BCUT2D eigenvalue weighted by atomic mass is 32.2. The van der Waals surface area contributed by atoms with Gasteiger partial charge in [-0.1, -0.05) is 60.7 Å². The summed E-state index contributed by atoms with van der Waals surface area (Å²) >= 11 is 0. The van der Waals surface area contributed by atoms with Crippen LogP contribution in [0.15, 0.2) is 78.0 Å². The number of aliphatic hydroxyl groups is 1. The Labute approximate surface area is 209 Å². The molecule has 0 saturated carbocycles. The van der Waals surface area contributed by atoms with Gasteiger partial charge in [0.05, 0.1) is 22.4 Å². The van der Waals surface area contributed by atoms with Gasteiger partial charge in [0, 0.05) is 37.4 Å². The third kappa shape index (κ3) is 5.63. The first-order valence-corrected chi connectivity index (χ1v) is 13.3. The largest absolute Gasteiger partial charge is 0.438 e. The van der Waals surface area contributed by atoms with E-state index >= 15 is 0 Å². The molecule has 184 valence electrons. The Morgan fingerprint density at radius 3 is 2.29 bits per heavy atom. The van der Waals surface area contributed by atoms with Crippen LogP contribution in [0.25, 0.3) is 11.1 Å². The highest BCUT2D eigenvalue weighted by molar-refractivity contribution is 7.84. The predicted octanol–water partition coefficient (Wildman–Crippen LogP) is 5.45. The molecule has 0 radical (unpaired) electrons. The first-order chi connectivity index (χ1) is 16.6. The standard InChI is InChI=1S/C28H32N2O4S/c1-20(21-10-12-22(13-11-21)23-14-15-25(29-18-23)35(4)33)30-17-16-28(34-26(30)31,19-27(2,3)32)24-8-6-5-7-9-24/h5-15,18,20,32H,16-17,19H2,1-4H3/t20-,28?,35?/m0/s1. The van der Waals surface area contributed by atoms with Crippen LogP contribution < -0.4 is 0 Å². The molecular formula is C28H32N2O4S. The molecule has 0 spiro atoms. The van der Waals surface area contributed by atoms with Gasteiger partial charge in [-0.3, -0.25) is 4.21 Å². The number of hydrogen-bond donors (Lipinski definition) is 1. The second-order valence-electron chi connectivity index (χ2n) is 9.80. The molecule has 7 heteroatoms. The second-order valence-corrected chi connectivity index (χ2v) is 11.1. The molecule has 1 aliphatic rings. The van der Waals surface area contributed by atoms with E-state index in [0.717, 1.165) is 22.3 Å². The SMILES string of the molecule is C[C@@H](c1ccc(-c2ccc(S(C)=O)nc2)cc1)N1CCC(CC(C)(C)O)(c2ccccc2)OC1=O. The summed E-state index contributed by atoms with van der Waals surface area (Å²) in [6.45, 7) is 6.00. The van der Waals surface area contributed by atoms with Crippen LogP contribution in [0.3, 0.4) is 0 Å². The Kier molecular flexibility index (Phi) is 7.10. The van der Waals surface area contributed by atoms with Crippen molar-refractivity contribution in [3.63, 3.8) is 0 Å². The first kappa shape index (κ1) is 25.1. The fourth-order valence-electron chi connectivity index (χ4n) is 4.75. The average molecular weight is 493 g/mol. The number of amides is 1. The molecule has 2 aromatic carbocycles. The number of cyclic esters (lactones) is 1. The van der Waals surface area contributed by atoms with E-state index in [0.29, 0.717) is 24.4 Å². The van der Waals surface area contributed by atoms with Gasteiger partial charge in [0.25, 0.3) is 0 Å². The number of rotatable bonds is 7. The van der Waals surface area contributed by atoms with E-state index in [9.17, 15) is 14.1 Å². The quantitative estimate of drug-likeness (QED) is 0.475. The van der Waals surface area contributed by atoms with Crippen LogP contribution in [0.1, 0.15) is 50.8 Å². The number of carbonyl (C=O) groups is 1. The van der Waals surface area contributed by atoms with Crippen LogP contribution >= 0.6 is 0 Å². The van der Waals surface area contributed by atoms with Gasteiger partial charge in [0.1, 0.15) is 10.6 Å². The molecule has 0 bridgehead atoms. The third-order valence-electron chi connectivity index (χ3n) is 6.52. The molecule has 35 heavy (non-hydrogen) atoms. The molecule has 1 amide bonds. The molecular weight excluding hydrogens is 460 g/mol. The minimum Gasteiger partial charge on any atom is -0.438 e. The maximum atomic E-state index is 13.2. The zero-order valence-corrected chi connectivity index (χ0v) is 21.4. The Morgan fingerprint density at radius 2 is 1.74 bits per heavy atom. The van der Waals surface area contributed by atoms with Gasteiger partial charge in [-0.2, -0.15) is 0 Å². The topological polar surface area (TPSA) is 79.7 Å². The highest BCUT2D eigenvalue weighted by Crippen LogP contribution is 2.42.